The van der Waals surface area contributed by atoms with Crippen LogP contribution in [0.2, 0.25) is 0 Å². The number of hydrogen-bond acceptors (Lipinski definition) is 6. The number of rotatable bonds is 13. The van der Waals surface area contributed by atoms with Crippen LogP contribution in [0.15, 0.2) is 55.6 Å². The minimum Gasteiger partial charge on any atom is -0.461 e. The number of aliphatic hydroxyl groups is 1. The van der Waals surface area contributed by atoms with Gasteiger partial charge in [-0.05, 0) is 31.7 Å². The molecule has 0 aromatic heterocycles. The molecule has 3 heterocycles. The van der Waals surface area contributed by atoms with E-state index in [1.54, 1.807) is 11.0 Å². The minimum atomic E-state index is -1.19. The highest BCUT2D eigenvalue weighted by Gasteiger charge is 2.79. The Labute approximate surface area is 225 Å². The summed E-state index contributed by atoms with van der Waals surface area (Å²) in [7, 11) is 0. The normalized spacial score (nSPS) is 30.1. The van der Waals surface area contributed by atoms with Gasteiger partial charge in [-0.3, -0.25) is 14.4 Å². The second kappa shape index (κ2) is 11.4. The molecule has 0 saturated carbocycles. The molecule has 6 atom stereocenters. The first kappa shape index (κ1) is 28.0. The van der Waals surface area contributed by atoms with Crippen LogP contribution in [-0.4, -0.2) is 76.2 Å². The maximum absolute atomic E-state index is 14.4. The topological polar surface area (TPSA) is 96.4 Å². The van der Waals surface area contributed by atoms with E-state index in [4.69, 9.17) is 9.47 Å². The van der Waals surface area contributed by atoms with Crippen molar-refractivity contribution in [3.63, 3.8) is 0 Å². The van der Waals surface area contributed by atoms with Crippen LogP contribution in [0.1, 0.15) is 57.6 Å². The fourth-order valence-electron chi connectivity index (χ4n) is 6.77. The highest BCUT2D eigenvalue weighted by atomic mass is 16.6. The Morgan fingerprint density at radius 3 is 2.61 bits per heavy atom. The molecule has 8 heteroatoms. The lowest BCUT2D eigenvalue weighted by Gasteiger charge is -2.39. The van der Waals surface area contributed by atoms with Gasteiger partial charge >= 0.3 is 5.97 Å². The van der Waals surface area contributed by atoms with Gasteiger partial charge in [0.2, 0.25) is 11.8 Å². The highest BCUT2D eigenvalue weighted by molar-refractivity contribution is 5.98. The molecule has 2 bridgehead atoms. The van der Waals surface area contributed by atoms with E-state index < -0.39 is 41.1 Å². The Morgan fingerprint density at radius 2 is 1.97 bits per heavy atom. The summed E-state index contributed by atoms with van der Waals surface area (Å²) in [5.74, 6) is -2.86. The average molecular weight is 525 g/mol. The fourth-order valence-corrected chi connectivity index (χ4v) is 6.77. The zero-order valence-corrected chi connectivity index (χ0v) is 22.5. The largest absolute Gasteiger partial charge is 0.461 e. The molecule has 3 fully saturated rings. The number of nitrogens with zero attached hydrogens (tertiary/aromatic N) is 2. The third-order valence-corrected chi connectivity index (χ3v) is 8.43. The van der Waals surface area contributed by atoms with Crippen molar-refractivity contribution in [2.24, 2.45) is 11.8 Å². The summed E-state index contributed by atoms with van der Waals surface area (Å²) in [6.07, 6.45) is 6.95. The number of carbonyl (C=O) groups is 3. The Bertz CT molecular complexity index is 1060. The lowest BCUT2D eigenvalue weighted by Crippen LogP contribution is -2.57. The molecule has 38 heavy (non-hydrogen) atoms. The quantitative estimate of drug-likeness (QED) is 0.241. The molecule has 1 N–H and O–H groups in total. The molecular weight excluding hydrogens is 484 g/mol. The van der Waals surface area contributed by atoms with Gasteiger partial charge in [-0.25, -0.2) is 0 Å². The molecule has 2 amide bonds. The Kier molecular flexibility index (Phi) is 8.43. The smallest absolute Gasteiger partial charge is 0.313 e. The summed E-state index contributed by atoms with van der Waals surface area (Å²) >= 11 is 0. The Morgan fingerprint density at radius 1 is 1.24 bits per heavy atom. The van der Waals surface area contributed by atoms with E-state index >= 15 is 0 Å². The number of benzene rings is 1. The number of carbonyl (C=O) groups excluding carboxylic acids is 3. The number of likely N-dealkylation sites (tertiary alicyclic amines) is 1. The van der Waals surface area contributed by atoms with Crippen molar-refractivity contribution in [2.45, 2.75) is 69.2 Å². The fraction of sp³-hybridized carbons (Fsp3) is 0.567. The van der Waals surface area contributed by atoms with Crippen molar-refractivity contribution >= 4 is 17.8 Å². The summed E-state index contributed by atoms with van der Waals surface area (Å²) in [6, 6.07) is 7.44. The van der Waals surface area contributed by atoms with Crippen LogP contribution < -0.4 is 0 Å². The molecular formula is C30H40N2O6. The maximum Gasteiger partial charge on any atom is 0.313 e. The van der Waals surface area contributed by atoms with Crippen molar-refractivity contribution in [1.82, 2.24) is 9.80 Å². The van der Waals surface area contributed by atoms with Gasteiger partial charge in [0.25, 0.3) is 0 Å². The lowest BCUT2D eigenvalue weighted by molar-refractivity contribution is -0.161. The molecule has 0 radical (unpaired) electrons. The number of fused-ring (bicyclic) bond motifs is 1. The molecule has 4 rings (SSSR count). The molecule has 8 nitrogen and oxygen atoms in total. The van der Waals surface area contributed by atoms with Crippen LogP contribution in [0.25, 0.3) is 0 Å². The second-order valence-corrected chi connectivity index (χ2v) is 10.8. The van der Waals surface area contributed by atoms with Crippen LogP contribution in [0, 0.1) is 11.8 Å². The number of aliphatic hydroxyl groups excluding tert-OH is 1. The minimum absolute atomic E-state index is 0.0270. The van der Waals surface area contributed by atoms with Crippen LogP contribution >= 0.6 is 0 Å². The number of amides is 2. The SMILES string of the molecule is C=CCOC(=O)[C@@H]1[C@H]2C(=O)N([C@H](CO)c3ccccc3)C(C(=O)N(CC=C)CCCCC)C23CC[C@@]1(C)O3. The molecule has 1 aromatic carbocycles. The van der Waals surface area contributed by atoms with Crippen molar-refractivity contribution < 1.29 is 29.0 Å². The summed E-state index contributed by atoms with van der Waals surface area (Å²) in [5.41, 5.74) is -1.39. The van der Waals surface area contributed by atoms with Crippen LogP contribution in [-0.2, 0) is 23.9 Å². The average Bonchev–Trinajstić information content (AvgIpc) is 3.48. The third kappa shape index (κ3) is 4.58. The molecule has 206 valence electrons. The van der Waals surface area contributed by atoms with Gasteiger partial charge < -0.3 is 24.4 Å². The zero-order chi connectivity index (χ0) is 27.5. The van der Waals surface area contributed by atoms with Crippen molar-refractivity contribution in [1.29, 1.82) is 0 Å². The maximum atomic E-state index is 14.4. The first-order chi connectivity index (χ1) is 18.3. The Hall–Kier alpha value is -2.97. The summed E-state index contributed by atoms with van der Waals surface area (Å²) in [6.45, 7) is 11.9. The van der Waals surface area contributed by atoms with E-state index in [1.807, 2.05) is 37.3 Å². The zero-order valence-electron chi connectivity index (χ0n) is 22.5. The molecule has 3 aliphatic heterocycles. The van der Waals surface area contributed by atoms with E-state index in [0.29, 0.717) is 31.5 Å². The summed E-state index contributed by atoms with van der Waals surface area (Å²) < 4.78 is 12.1. The van der Waals surface area contributed by atoms with Gasteiger partial charge in [0, 0.05) is 13.1 Å². The van der Waals surface area contributed by atoms with E-state index in [9.17, 15) is 19.5 Å². The van der Waals surface area contributed by atoms with E-state index in [0.717, 1.165) is 19.3 Å². The van der Waals surface area contributed by atoms with Crippen molar-refractivity contribution in [3.05, 3.63) is 61.2 Å². The van der Waals surface area contributed by atoms with Gasteiger partial charge in [0.15, 0.2) is 0 Å². The number of ether oxygens (including phenoxy) is 2. The molecule has 0 aliphatic carbocycles. The molecule has 3 aliphatic rings. The predicted octanol–water partition coefficient (Wildman–Crippen LogP) is 3.42. The molecule has 3 saturated heterocycles. The van der Waals surface area contributed by atoms with Crippen molar-refractivity contribution in [3.8, 4) is 0 Å². The second-order valence-electron chi connectivity index (χ2n) is 10.8. The van der Waals surface area contributed by atoms with Gasteiger partial charge in [0.1, 0.15) is 24.2 Å². The summed E-state index contributed by atoms with van der Waals surface area (Å²) in [5, 5.41) is 10.6. The van der Waals surface area contributed by atoms with Crippen molar-refractivity contribution in [2.75, 3.05) is 26.3 Å². The van der Waals surface area contributed by atoms with Gasteiger partial charge in [-0.1, -0.05) is 68.8 Å². The van der Waals surface area contributed by atoms with Crippen LogP contribution in [0.4, 0.5) is 0 Å². The van der Waals surface area contributed by atoms with Gasteiger partial charge in [0.05, 0.1) is 24.2 Å². The first-order valence-electron chi connectivity index (χ1n) is 13.6. The standard InChI is InChI=1S/C30H40N2O6/c1-5-8-12-18-31(17-6-2)27(35)25-30-16-15-29(4,38-30)24(28(36)37-19-7-3)23(30)26(34)32(25)22(20-33)21-13-10-9-11-14-21/h6-7,9-11,13-14,22-25,33H,2-3,5,8,12,15-20H2,1,4H3/t22-,23+,24+,25?,29-,30?/m1/s1. The first-order valence-corrected chi connectivity index (χ1v) is 13.6. The number of hydrogen-bond donors (Lipinski definition) is 1. The number of unbranched alkanes of at least 4 members (excludes halogenated alkanes) is 2. The monoisotopic (exact) mass is 524 g/mol. The van der Waals surface area contributed by atoms with Gasteiger partial charge in [-0.2, -0.15) is 0 Å². The van der Waals surface area contributed by atoms with E-state index in [2.05, 4.69) is 20.1 Å². The predicted molar refractivity (Wildman–Crippen MR) is 143 cm³/mol. The number of esters is 1. The molecule has 2 unspecified atom stereocenters. The van der Waals surface area contributed by atoms with Gasteiger partial charge in [-0.15, -0.1) is 6.58 Å². The van der Waals surface area contributed by atoms with Crippen LogP contribution in [0.3, 0.4) is 0 Å². The van der Waals surface area contributed by atoms with E-state index in [-0.39, 0.29) is 25.0 Å². The third-order valence-electron chi connectivity index (χ3n) is 8.43. The Balaban J connectivity index is 1.81. The lowest BCUT2D eigenvalue weighted by atomic mass is 9.66. The molecule has 1 aromatic rings. The summed E-state index contributed by atoms with van der Waals surface area (Å²) in [4.78, 5) is 45.3. The highest BCUT2D eigenvalue weighted by Crippen LogP contribution is 2.64. The van der Waals surface area contributed by atoms with E-state index in [1.165, 1.54) is 11.0 Å². The van der Waals surface area contributed by atoms with Crippen LogP contribution in [0.5, 0.6) is 0 Å². The molecule has 1 spiro atoms.